The van der Waals surface area contributed by atoms with Crippen molar-refractivity contribution in [3.05, 3.63) is 25.3 Å². The highest BCUT2D eigenvalue weighted by atomic mass is 31.2. The fourth-order valence-corrected chi connectivity index (χ4v) is 8.39. The second-order valence-electron chi connectivity index (χ2n) is 12.7. The topological polar surface area (TPSA) is 426 Å². The molecule has 29 nitrogen and oxygen atoms in total. The van der Waals surface area contributed by atoms with Crippen molar-refractivity contribution in [3.8, 4) is 0 Å². The Morgan fingerprint density at radius 2 is 1.16 bits per heavy atom. The maximum atomic E-state index is 13.2. The Balaban J connectivity index is 0.944. The van der Waals surface area contributed by atoms with Gasteiger partial charge in [-0.2, -0.15) is 0 Å². The molecule has 2 unspecified atom stereocenters. The number of phosphoric ester groups is 3. The molecule has 0 bridgehead atoms. The first-order valence-corrected chi connectivity index (χ1v) is 20.9. The highest BCUT2D eigenvalue weighted by molar-refractivity contribution is 7.47. The SMILES string of the molecule is Nc1ncnc2c1ncn2[C@@H]1O[C@H](COP(=O)(O)O[C@H]2CO[C@H](COP(=O)(O)O[C@@H]3[C@H](O)[C@@H](COP(=O)(O)O)O[C@H]3n3cnc4c(N)ncnc43)[C@H]2O)[C@@H](O)[C@H]1O. The summed E-state index contributed by atoms with van der Waals surface area (Å²) in [6, 6.07) is 0. The molecule has 32 heteroatoms. The number of hydrogen-bond acceptors (Lipinski definition) is 23. The van der Waals surface area contributed by atoms with E-state index in [9.17, 15) is 43.9 Å². The summed E-state index contributed by atoms with van der Waals surface area (Å²) in [7, 11) is -15.3. The third-order valence-corrected chi connectivity index (χ3v) is 11.4. The van der Waals surface area contributed by atoms with Crippen molar-refractivity contribution in [1.29, 1.82) is 0 Å². The van der Waals surface area contributed by atoms with Gasteiger partial charge in [0.25, 0.3) is 0 Å². The number of nitrogen functional groups attached to an aromatic ring is 2. The lowest BCUT2D eigenvalue weighted by molar-refractivity contribution is -0.0552. The Morgan fingerprint density at radius 3 is 1.75 bits per heavy atom. The first-order chi connectivity index (χ1) is 26.8. The van der Waals surface area contributed by atoms with E-state index in [1.807, 2.05) is 0 Å². The zero-order chi connectivity index (χ0) is 41.0. The predicted molar refractivity (Wildman–Crippen MR) is 180 cm³/mol. The molecule has 0 aromatic carbocycles. The summed E-state index contributed by atoms with van der Waals surface area (Å²) in [5.41, 5.74) is 12.1. The van der Waals surface area contributed by atoms with Crippen LogP contribution in [0.25, 0.3) is 22.3 Å². The number of aliphatic hydroxyl groups is 4. The largest absolute Gasteiger partial charge is 0.472 e. The lowest BCUT2D eigenvalue weighted by atomic mass is 10.1. The molecular formula is C25H35N10O19P3. The summed E-state index contributed by atoms with van der Waals surface area (Å²) in [5.74, 6) is 0.00219. The van der Waals surface area contributed by atoms with Crippen molar-refractivity contribution >= 4 is 57.4 Å². The quantitative estimate of drug-likeness (QED) is 0.0520. The van der Waals surface area contributed by atoms with Crippen LogP contribution in [-0.2, 0) is 50.5 Å². The third kappa shape index (κ3) is 8.87. The van der Waals surface area contributed by atoms with Crippen LogP contribution >= 0.6 is 23.5 Å². The van der Waals surface area contributed by atoms with Crippen molar-refractivity contribution in [1.82, 2.24) is 39.0 Å². The number of aliphatic hydroxyl groups excluding tert-OH is 4. The number of fused-ring (bicyclic) bond motifs is 2. The van der Waals surface area contributed by atoms with Crippen molar-refractivity contribution in [2.45, 2.75) is 67.4 Å². The van der Waals surface area contributed by atoms with E-state index < -0.39 is 117 Å². The molecule has 3 saturated heterocycles. The number of imidazole rings is 2. The minimum atomic E-state index is -5.24. The van der Waals surface area contributed by atoms with Gasteiger partial charge < -0.3 is 65.7 Å². The van der Waals surface area contributed by atoms with E-state index in [4.69, 9.17) is 53.6 Å². The van der Waals surface area contributed by atoms with Crippen LogP contribution in [0, 0.1) is 0 Å². The van der Waals surface area contributed by atoms with Crippen molar-refractivity contribution in [2.75, 3.05) is 37.9 Å². The minimum absolute atomic E-state index is 0.0238. The molecule has 57 heavy (non-hydrogen) atoms. The second-order valence-corrected chi connectivity index (χ2v) is 16.7. The molecule has 3 fully saturated rings. The van der Waals surface area contributed by atoms with Gasteiger partial charge in [0.1, 0.15) is 78.6 Å². The minimum Gasteiger partial charge on any atom is -0.387 e. The maximum absolute atomic E-state index is 13.2. The molecule has 0 amide bonds. The number of nitrogens with two attached hydrogens (primary N) is 2. The Morgan fingerprint density at radius 1 is 0.649 bits per heavy atom. The molecule has 0 spiro atoms. The van der Waals surface area contributed by atoms with E-state index in [2.05, 4.69) is 34.4 Å². The number of hydrogen-bond donors (Lipinski definition) is 10. The number of phosphoric acid groups is 3. The van der Waals surface area contributed by atoms with Gasteiger partial charge in [0.05, 0.1) is 39.1 Å². The summed E-state index contributed by atoms with van der Waals surface area (Å²) in [6.45, 7) is -3.11. The summed E-state index contributed by atoms with van der Waals surface area (Å²) in [5, 5.41) is 42.9. The average molecular weight is 873 g/mol. The molecule has 13 atom stereocenters. The van der Waals surface area contributed by atoms with Crippen molar-refractivity contribution in [2.24, 2.45) is 0 Å². The van der Waals surface area contributed by atoms with Gasteiger partial charge in [-0.25, -0.2) is 43.6 Å². The zero-order valence-electron chi connectivity index (χ0n) is 28.6. The lowest BCUT2D eigenvalue weighted by Gasteiger charge is -2.25. The van der Waals surface area contributed by atoms with Gasteiger partial charge in [0.2, 0.25) is 0 Å². The van der Waals surface area contributed by atoms with Gasteiger partial charge in [0, 0.05) is 0 Å². The molecule has 7 heterocycles. The van der Waals surface area contributed by atoms with E-state index >= 15 is 0 Å². The molecule has 0 saturated carbocycles. The highest BCUT2D eigenvalue weighted by Crippen LogP contribution is 2.51. The summed E-state index contributed by atoms with van der Waals surface area (Å²) < 4.78 is 81.1. The fourth-order valence-electron chi connectivity index (χ4n) is 6.19. The van der Waals surface area contributed by atoms with Crippen LogP contribution in [0.2, 0.25) is 0 Å². The summed E-state index contributed by atoms with van der Waals surface area (Å²) in [6.07, 6.45) is -12.8. The summed E-state index contributed by atoms with van der Waals surface area (Å²) in [4.78, 5) is 63.2. The van der Waals surface area contributed by atoms with Gasteiger partial charge in [-0.05, 0) is 0 Å². The molecule has 4 aromatic rings. The van der Waals surface area contributed by atoms with E-state index in [1.165, 1.54) is 10.9 Å². The van der Waals surface area contributed by atoms with Crippen LogP contribution in [0.4, 0.5) is 11.6 Å². The molecule has 3 aliphatic rings. The molecule has 0 aliphatic carbocycles. The fraction of sp³-hybridized carbons (Fsp3) is 0.600. The van der Waals surface area contributed by atoms with Crippen molar-refractivity contribution in [3.63, 3.8) is 0 Å². The van der Waals surface area contributed by atoms with Crippen LogP contribution in [0.15, 0.2) is 25.3 Å². The maximum Gasteiger partial charge on any atom is 0.472 e. The summed E-state index contributed by atoms with van der Waals surface area (Å²) >= 11 is 0. The number of anilines is 2. The standard InChI is InChI=1S/C25H35N10O19P3/c26-20-13-22(30-5-28-20)34(7-32-13)24-18(39)16(37)10(51-24)4-50-56(43,44)53-12-1-47-9(15(12)36)2-49-57(45,46)54-19-17(38)11(3-48-55(40,41)42)52-25(19)35-8-33-14-21(27)29-6-31-23(14)35/h5-12,15-19,24-25,36-39H,1-4H2,(H,43,44)(H,45,46)(H2,26,28,30)(H2,27,29,31)(H2,40,41,42)/t9-,10-,11-,12+,15-,16-,17-,18-,19-,24-,25-/m1/s1. The van der Waals surface area contributed by atoms with Gasteiger partial charge in [-0.1, -0.05) is 0 Å². The molecule has 12 N–H and O–H groups in total. The highest BCUT2D eigenvalue weighted by Gasteiger charge is 2.51. The Labute approximate surface area is 317 Å². The first kappa shape index (κ1) is 41.9. The number of ether oxygens (including phenoxy) is 3. The molecule has 4 aromatic heterocycles. The van der Waals surface area contributed by atoms with Crippen LogP contribution in [0.1, 0.15) is 12.5 Å². The van der Waals surface area contributed by atoms with Gasteiger partial charge in [0.15, 0.2) is 35.4 Å². The Hall–Kier alpha value is -3.25. The molecular weight excluding hydrogens is 837 g/mol. The van der Waals surface area contributed by atoms with Gasteiger partial charge in [-0.3, -0.25) is 31.8 Å². The van der Waals surface area contributed by atoms with Crippen molar-refractivity contribution < 1.29 is 90.5 Å². The third-order valence-electron chi connectivity index (χ3n) is 8.94. The molecule has 3 aliphatic heterocycles. The number of aromatic nitrogens is 8. The van der Waals surface area contributed by atoms with Crippen LogP contribution in [-0.4, -0.2) is 160 Å². The molecule has 7 rings (SSSR count). The van der Waals surface area contributed by atoms with Crippen LogP contribution in [0.3, 0.4) is 0 Å². The van der Waals surface area contributed by atoms with E-state index in [1.54, 1.807) is 0 Å². The number of nitrogens with zero attached hydrogens (tertiary/aromatic N) is 8. The zero-order valence-corrected chi connectivity index (χ0v) is 31.3. The van der Waals surface area contributed by atoms with E-state index in [0.29, 0.717) is 0 Å². The van der Waals surface area contributed by atoms with E-state index in [0.717, 1.165) is 23.5 Å². The number of rotatable bonds is 15. The molecule has 0 radical (unpaired) electrons. The monoisotopic (exact) mass is 872 g/mol. The smallest absolute Gasteiger partial charge is 0.387 e. The van der Waals surface area contributed by atoms with Gasteiger partial charge >= 0.3 is 23.5 Å². The normalized spacial score (nSPS) is 32.9. The first-order valence-electron chi connectivity index (χ1n) is 16.3. The molecule has 314 valence electrons. The van der Waals surface area contributed by atoms with E-state index in [-0.39, 0.29) is 34.0 Å². The van der Waals surface area contributed by atoms with Crippen LogP contribution < -0.4 is 11.5 Å². The predicted octanol–water partition coefficient (Wildman–Crippen LogP) is -3.42. The lowest BCUT2D eigenvalue weighted by Crippen LogP contribution is -2.36. The van der Waals surface area contributed by atoms with Crippen LogP contribution in [0.5, 0.6) is 0 Å². The average Bonchev–Trinajstić information content (AvgIpc) is 3.96. The van der Waals surface area contributed by atoms with Gasteiger partial charge in [-0.15, -0.1) is 0 Å². The second kappa shape index (κ2) is 16.1. The Kier molecular flexibility index (Phi) is 11.8. The Bertz CT molecular complexity index is 2230.